The van der Waals surface area contributed by atoms with E-state index in [0.29, 0.717) is 38.1 Å². The Morgan fingerprint density at radius 2 is 1.70 bits per heavy atom. The molecule has 0 spiro atoms. The van der Waals surface area contributed by atoms with E-state index in [1.165, 1.54) is 4.31 Å². The van der Waals surface area contributed by atoms with Gasteiger partial charge in [-0.2, -0.15) is 4.31 Å². The van der Waals surface area contributed by atoms with E-state index in [1.807, 2.05) is 32.3 Å². The van der Waals surface area contributed by atoms with Crippen molar-refractivity contribution in [3.63, 3.8) is 0 Å². The number of aryl methyl sites for hydroxylation is 2. The Labute approximate surface area is 197 Å². The van der Waals surface area contributed by atoms with Crippen molar-refractivity contribution < 1.29 is 18.0 Å². The van der Waals surface area contributed by atoms with Crippen LogP contribution in [-0.2, 0) is 32.6 Å². The van der Waals surface area contributed by atoms with Crippen LogP contribution in [0, 0.1) is 0 Å². The number of carbonyl (C=O) groups excluding carboxylic acids is 2. The summed E-state index contributed by atoms with van der Waals surface area (Å²) in [7, 11) is -3.58. The zero-order chi connectivity index (χ0) is 24.6. The lowest BCUT2D eigenvalue weighted by Gasteiger charge is -2.18. The minimum absolute atomic E-state index is 0.0154. The fourth-order valence-electron chi connectivity index (χ4n) is 3.87. The highest BCUT2D eigenvalue weighted by molar-refractivity contribution is 7.89. The normalized spacial score (nSPS) is 11.8. The summed E-state index contributed by atoms with van der Waals surface area (Å²) in [5.41, 5.74) is 1.45. The van der Waals surface area contributed by atoms with Crippen LogP contribution in [0.5, 0.6) is 0 Å². The molecule has 0 bridgehead atoms. The number of amides is 2. The highest BCUT2D eigenvalue weighted by Crippen LogP contribution is 2.24. The van der Waals surface area contributed by atoms with E-state index in [2.05, 4.69) is 17.2 Å². The van der Waals surface area contributed by atoms with Gasteiger partial charge >= 0.3 is 0 Å². The quantitative estimate of drug-likeness (QED) is 0.475. The summed E-state index contributed by atoms with van der Waals surface area (Å²) in [5.74, 6) is 0.415. The molecule has 0 radical (unpaired) electrons. The van der Waals surface area contributed by atoms with Gasteiger partial charge in [-0.1, -0.05) is 20.8 Å². The van der Waals surface area contributed by atoms with Crippen LogP contribution >= 0.6 is 0 Å². The van der Waals surface area contributed by atoms with E-state index in [4.69, 9.17) is 0 Å². The number of hydrogen-bond acceptors (Lipinski definition) is 5. The predicted molar refractivity (Wildman–Crippen MR) is 129 cm³/mol. The number of hydrogen-bond donors (Lipinski definition) is 1. The van der Waals surface area contributed by atoms with Gasteiger partial charge in [0.1, 0.15) is 5.82 Å². The molecule has 9 nitrogen and oxygen atoms in total. The highest BCUT2D eigenvalue weighted by Gasteiger charge is 2.23. The number of rotatable bonds is 13. The Bertz CT molecular complexity index is 1060. The standard InChI is InChI=1S/C23H37N5O4S/c1-6-15-28-20-12-11-18(33(31,32)27(9-4)10-5)16-19(20)25-21(28)13-14-22(29)24-17-23(30)26(7-2)8-3/h11-12,16H,6-10,13-15,17H2,1-5H3,(H,24,29). The molecule has 10 heteroatoms. The van der Waals surface area contributed by atoms with E-state index < -0.39 is 10.0 Å². The van der Waals surface area contributed by atoms with Crippen LogP contribution < -0.4 is 5.32 Å². The number of carbonyl (C=O) groups is 2. The molecule has 0 saturated carbocycles. The summed E-state index contributed by atoms with van der Waals surface area (Å²) in [6.45, 7) is 12.2. The summed E-state index contributed by atoms with van der Waals surface area (Å²) in [5, 5.41) is 2.69. The van der Waals surface area contributed by atoms with Crippen molar-refractivity contribution in [2.45, 2.75) is 65.3 Å². The van der Waals surface area contributed by atoms with Crippen LogP contribution in [0.1, 0.15) is 53.3 Å². The van der Waals surface area contributed by atoms with E-state index in [9.17, 15) is 18.0 Å². The molecule has 0 aliphatic heterocycles. The van der Waals surface area contributed by atoms with Gasteiger partial charge in [0.25, 0.3) is 0 Å². The molecule has 0 aliphatic carbocycles. The molecular formula is C23H37N5O4S. The second-order valence-electron chi connectivity index (χ2n) is 7.76. The fourth-order valence-corrected chi connectivity index (χ4v) is 5.35. The van der Waals surface area contributed by atoms with Crippen LogP contribution in [0.4, 0.5) is 0 Å². The topological polar surface area (TPSA) is 105 Å². The van der Waals surface area contributed by atoms with E-state index >= 15 is 0 Å². The zero-order valence-electron chi connectivity index (χ0n) is 20.4. The maximum Gasteiger partial charge on any atom is 0.243 e. The molecule has 2 aromatic rings. The average Bonchev–Trinajstić information content (AvgIpc) is 3.14. The van der Waals surface area contributed by atoms with Gasteiger partial charge < -0.3 is 14.8 Å². The van der Waals surface area contributed by atoms with Crippen molar-refractivity contribution in [1.29, 1.82) is 0 Å². The van der Waals surface area contributed by atoms with Gasteiger partial charge in [-0.25, -0.2) is 13.4 Å². The van der Waals surface area contributed by atoms with E-state index in [1.54, 1.807) is 23.1 Å². The molecule has 0 unspecified atom stereocenters. The molecule has 0 saturated heterocycles. The summed E-state index contributed by atoms with van der Waals surface area (Å²) in [6.07, 6.45) is 1.48. The summed E-state index contributed by atoms with van der Waals surface area (Å²) in [6, 6.07) is 5.03. The average molecular weight is 480 g/mol. The SMILES string of the molecule is CCCn1c(CCC(=O)NCC(=O)N(CC)CC)nc2cc(S(=O)(=O)N(CC)CC)ccc21. The Hall–Kier alpha value is -2.46. The molecule has 0 aliphatic rings. The largest absolute Gasteiger partial charge is 0.347 e. The number of nitrogens with zero attached hydrogens (tertiary/aromatic N) is 4. The third-order valence-electron chi connectivity index (χ3n) is 5.72. The molecule has 1 aromatic heterocycles. The molecular weight excluding hydrogens is 442 g/mol. The Morgan fingerprint density at radius 3 is 2.27 bits per heavy atom. The van der Waals surface area contributed by atoms with Crippen LogP contribution in [-0.4, -0.2) is 71.7 Å². The van der Waals surface area contributed by atoms with Crippen LogP contribution in [0.25, 0.3) is 11.0 Å². The Balaban J connectivity index is 2.20. The van der Waals surface area contributed by atoms with Crippen molar-refractivity contribution in [3.05, 3.63) is 24.0 Å². The second kappa shape index (κ2) is 12.1. The maximum absolute atomic E-state index is 12.9. The molecule has 0 fully saturated rings. The van der Waals surface area contributed by atoms with E-state index in [0.717, 1.165) is 24.3 Å². The minimum Gasteiger partial charge on any atom is -0.347 e. The molecule has 1 heterocycles. The number of nitrogens with one attached hydrogen (secondary N) is 1. The Morgan fingerprint density at radius 1 is 1.03 bits per heavy atom. The molecule has 1 N–H and O–H groups in total. The molecule has 0 atom stereocenters. The Kier molecular flexibility index (Phi) is 9.85. The van der Waals surface area contributed by atoms with Gasteiger partial charge in [-0.3, -0.25) is 9.59 Å². The van der Waals surface area contributed by atoms with Gasteiger partial charge in [-0.05, 0) is 38.5 Å². The first-order valence-corrected chi connectivity index (χ1v) is 13.2. The van der Waals surface area contributed by atoms with Crippen molar-refractivity contribution in [2.24, 2.45) is 0 Å². The molecule has 1 aromatic carbocycles. The third-order valence-corrected chi connectivity index (χ3v) is 7.76. The van der Waals surface area contributed by atoms with Gasteiger partial charge in [0, 0.05) is 45.6 Å². The van der Waals surface area contributed by atoms with Crippen LogP contribution in [0.2, 0.25) is 0 Å². The number of fused-ring (bicyclic) bond motifs is 1. The summed E-state index contributed by atoms with van der Waals surface area (Å²) in [4.78, 5) is 31.0. The first-order chi connectivity index (χ1) is 15.7. The van der Waals surface area contributed by atoms with Gasteiger partial charge in [0.15, 0.2) is 0 Å². The molecule has 2 amide bonds. The predicted octanol–water partition coefficient (Wildman–Crippen LogP) is 2.39. The number of imidazole rings is 1. The maximum atomic E-state index is 12.9. The lowest BCUT2D eigenvalue weighted by Crippen LogP contribution is -2.40. The lowest BCUT2D eigenvalue weighted by atomic mass is 10.2. The highest BCUT2D eigenvalue weighted by atomic mass is 32.2. The smallest absolute Gasteiger partial charge is 0.243 e. The fraction of sp³-hybridized carbons (Fsp3) is 0.609. The number of sulfonamides is 1. The van der Waals surface area contributed by atoms with Crippen LogP contribution in [0.3, 0.4) is 0 Å². The zero-order valence-corrected chi connectivity index (χ0v) is 21.2. The third kappa shape index (κ3) is 6.32. The molecule has 184 valence electrons. The monoisotopic (exact) mass is 479 g/mol. The first-order valence-electron chi connectivity index (χ1n) is 11.8. The van der Waals surface area contributed by atoms with Crippen molar-refractivity contribution in [2.75, 3.05) is 32.7 Å². The van der Waals surface area contributed by atoms with Crippen molar-refractivity contribution in [3.8, 4) is 0 Å². The lowest BCUT2D eigenvalue weighted by molar-refractivity contribution is -0.132. The van der Waals surface area contributed by atoms with Gasteiger partial charge in [0.2, 0.25) is 21.8 Å². The number of benzene rings is 1. The number of likely N-dealkylation sites (N-methyl/N-ethyl adjacent to an activating group) is 1. The number of aromatic nitrogens is 2. The molecule has 2 rings (SSSR count). The van der Waals surface area contributed by atoms with E-state index in [-0.39, 0.29) is 29.7 Å². The minimum atomic E-state index is -3.58. The second-order valence-corrected chi connectivity index (χ2v) is 9.70. The summed E-state index contributed by atoms with van der Waals surface area (Å²) < 4.78 is 29.3. The molecule has 33 heavy (non-hydrogen) atoms. The van der Waals surface area contributed by atoms with Crippen molar-refractivity contribution >= 4 is 32.9 Å². The van der Waals surface area contributed by atoms with Crippen molar-refractivity contribution in [1.82, 2.24) is 24.1 Å². The van der Waals surface area contributed by atoms with Gasteiger partial charge in [-0.15, -0.1) is 0 Å². The van der Waals surface area contributed by atoms with Gasteiger partial charge in [0.05, 0.1) is 22.5 Å². The van der Waals surface area contributed by atoms with Crippen LogP contribution in [0.15, 0.2) is 23.1 Å². The first kappa shape index (κ1) is 26.8. The summed E-state index contributed by atoms with van der Waals surface area (Å²) >= 11 is 0.